The second kappa shape index (κ2) is 11.0. The number of pyridine rings is 1. The minimum Gasteiger partial charge on any atom is -0.462 e. The Morgan fingerprint density at radius 3 is 2.71 bits per heavy atom. The highest BCUT2D eigenvalue weighted by Gasteiger charge is 2.29. The van der Waals surface area contributed by atoms with Gasteiger partial charge in [0.05, 0.1) is 30.9 Å². The van der Waals surface area contributed by atoms with Gasteiger partial charge < -0.3 is 24.4 Å². The van der Waals surface area contributed by atoms with Crippen molar-refractivity contribution in [2.24, 2.45) is 5.92 Å². The van der Waals surface area contributed by atoms with E-state index in [2.05, 4.69) is 22.1 Å². The molecule has 1 amide bonds. The normalized spacial score (nSPS) is 17.6. The lowest BCUT2D eigenvalue weighted by Crippen LogP contribution is -2.36. The zero-order chi connectivity index (χ0) is 24.1. The summed E-state index contributed by atoms with van der Waals surface area (Å²) in [5.74, 6) is -0.299. The SMILES string of the molecule is CCOC(=O)c1c(NC(=O)COC(=O)c2ccc(N3CCOCC3)nc2)sc2c1CCC(C)C2. The number of rotatable bonds is 7. The largest absolute Gasteiger partial charge is 0.462 e. The Bertz CT molecular complexity index is 1050. The molecule has 2 aromatic heterocycles. The average Bonchev–Trinajstić information content (AvgIpc) is 3.20. The minimum atomic E-state index is -0.638. The molecule has 0 saturated carbocycles. The highest BCUT2D eigenvalue weighted by atomic mass is 32.1. The number of hydrogen-bond acceptors (Lipinski definition) is 9. The second-order valence-electron chi connectivity index (χ2n) is 8.41. The Hall–Kier alpha value is -2.98. The van der Waals surface area contributed by atoms with Crippen molar-refractivity contribution in [2.45, 2.75) is 33.1 Å². The van der Waals surface area contributed by atoms with E-state index in [-0.39, 0.29) is 12.2 Å². The molecule has 3 heterocycles. The van der Waals surface area contributed by atoms with E-state index in [1.54, 1.807) is 19.1 Å². The van der Waals surface area contributed by atoms with Crippen LogP contribution in [0.1, 0.15) is 51.4 Å². The molecule has 1 aliphatic heterocycles. The summed E-state index contributed by atoms with van der Waals surface area (Å²) in [6, 6.07) is 3.39. The number of hydrogen-bond donors (Lipinski definition) is 1. The fourth-order valence-electron chi connectivity index (χ4n) is 4.12. The van der Waals surface area contributed by atoms with Crippen LogP contribution < -0.4 is 10.2 Å². The molecule has 1 N–H and O–H groups in total. The van der Waals surface area contributed by atoms with Gasteiger partial charge in [-0.25, -0.2) is 14.6 Å². The fraction of sp³-hybridized carbons (Fsp3) is 0.500. The molecule has 10 heteroatoms. The number of fused-ring (bicyclic) bond motifs is 1. The highest BCUT2D eigenvalue weighted by molar-refractivity contribution is 7.17. The average molecular weight is 488 g/mol. The van der Waals surface area contributed by atoms with E-state index in [1.807, 2.05) is 0 Å². The maximum absolute atomic E-state index is 12.6. The maximum Gasteiger partial charge on any atom is 0.341 e. The van der Waals surface area contributed by atoms with E-state index >= 15 is 0 Å². The van der Waals surface area contributed by atoms with Gasteiger partial charge in [-0.15, -0.1) is 11.3 Å². The number of esters is 2. The Balaban J connectivity index is 1.37. The maximum atomic E-state index is 12.6. The van der Waals surface area contributed by atoms with E-state index in [0.29, 0.717) is 29.7 Å². The Morgan fingerprint density at radius 2 is 2.00 bits per heavy atom. The number of nitrogens with zero attached hydrogens (tertiary/aromatic N) is 2. The van der Waals surface area contributed by atoms with Crippen LogP contribution in [-0.2, 0) is 31.8 Å². The number of ether oxygens (including phenoxy) is 3. The van der Waals surface area contributed by atoms with Crippen LogP contribution in [0.4, 0.5) is 10.8 Å². The van der Waals surface area contributed by atoms with Gasteiger partial charge in [0.1, 0.15) is 10.8 Å². The standard InChI is InChI=1S/C24H29N3O6S/c1-3-32-24(30)21-17-6-4-15(2)12-18(17)34-22(21)26-20(28)14-33-23(29)16-5-7-19(25-13-16)27-8-10-31-11-9-27/h5,7,13,15H,3-4,6,8-12,14H2,1-2H3,(H,26,28). The Labute approximate surface area is 202 Å². The molecule has 1 saturated heterocycles. The summed E-state index contributed by atoms with van der Waals surface area (Å²) in [6.07, 6.45) is 4.07. The van der Waals surface area contributed by atoms with Crippen molar-refractivity contribution in [3.8, 4) is 0 Å². The van der Waals surface area contributed by atoms with Crippen LogP contribution in [0.2, 0.25) is 0 Å². The molecular formula is C24H29N3O6S. The monoisotopic (exact) mass is 487 g/mol. The second-order valence-corrected chi connectivity index (χ2v) is 9.51. The third-order valence-electron chi connectivity index (χ3n) is 5.90. The summed E-state index contributed by atoms with van der Waals surface area (Å²) in [4.78, 5) is 45.0. The van der Waals surface area contributed by atoms with Gasteiger partial charge in [0.2, 0.25) is 0 Å². The van der Waals surface area contributed by atoms with Gasteiger partial charge in [-0.1, -0.05) is 6.92 Å². The zero-order valence-corrected chi connectivity index (χ0v) is 20.2. The lowest BCUT2D eigenvalue weighted by molar-refractivity contribution is -0.119. The molecule has 0 aromatic carbocycles. The molecule has 2 aromatic rings. The summed E-state index contributed by atoms with van der Waals surface area (Å²) in [7, 11) is 0. The lowest BCUT2D eigenvalue weighted by atomic mass is 9.88. The van der Waals surface area contributed by atoms with Gasteiger partial charge in [0.25, 0.3) is 5.91 Å². The molecule has 0 radical (unpaired) electrons. The van der Waals surface area contributed by atoms with Gasteiger partial charge in [-0.3, -0.25) is 4.79 Å². The van der Waals surface area contributed by atoms with Gasteiger partial charge in [-0.2, -0.15) is 0 Å². The highest BCUT2D eigenvalue weighted by Crippen LogP contribution is 2.40. The number of aromatic nitrogens is 1. The zero-order valence-electron chi connectivity index (χ0n) is 19.4. The van der Waals surface area contributed by atoms with Gasteiger partial charge in [0.15, 0.2) is 6.61 Å². The summed E-state index contributed by atoms with van der Waals surface area (Å²) in [5.41, 5.74) is 1.65. The number of nitrogens with one attached hydrogen (secondary N) is 1. The van der Waals surface area contributed by atoms with Crippen molar-refractivity contribution in [3.05, 3.63) is 39.9 Å². The van der Waals surface area contributed by atoms with Gasteiger partial charge >= 0.3 is 11.9 Å². The van der Waals surface area contributed by atoms with Crippen LogP contribution in [-0.4, -0.2) is 62.3 Å². The van der Waals surface area contributed by atoms with E-state index in [0.717, 1.165) is 48.6 Å². The third-order valence-corrected chi connectivity index (χ3v) is 7.07. The van der Waals surface area contributed by atoms with Crippen LogP contribution in [0.25, 0.3) is 0 Å². The summed E-state index contributed by atoms with van der Waals surface area (Å²) in [5, 5.41) is 3.20. The van der Waals surface area contributed by atoms with Crippen LogP contribution in [0, 0.1) is 5.92 Å². The molecule has 1 fully saturated rings. The smallest absolute Gasteiger partial charge is 0.341 e. The molecule has 1 atom stereocenters. The van der Waals surface area contributed by atoms with E-state index in [4.69, 9.17) is 14.2 Å². The molecular weight excluding hydrogens is 458 g/mol. The van der Waals surface area contributed by atoms with Crippen molar-refractivity contribution < 1.29 is 28.6 Å². The topological polar surface area (TPSA) is 107 Å². The molecule has 0 spiro atoms. The first kappa shape index (κ1) is 24.2. The summed E-state index contributed by atoms with van der Waals surface area (Å²) in [6.45, 7) is 6.49. The van der Waals surface area contributed by atoms with Crippen molar-refractivity contribution in [3.63, 3.8) is 0 Å². The number of amides is 1. The summed E-state index contributed by atoms with van der Waals surface area (Å²) < 4.78 is 15.7. The molecule has 2 aliphatic rings. The molecule has 34 heavy (non-hydrogen) atoms. The van der Waals surface area contributed by atoms with Crippen LogP contribution >= 0.6 is 11.3 Å². The number of thiophene rings is 1. The van der Waals surface area contributed by atoms with E-state index < -0.39 is 24.5 Å². The van der Waals surface area contributed by atoms with Crippen LogP contribution in [0.3, 0.4) is 0 Å². The first-order chi connectivity index (χ1) is 16.5. The summed E-state index contributed by atoms with van der Waals surface area (Å²) >= 11 is 1.40. The van der Waals surface area contributed by atoms with Crippen molar-refractivity contribution in [1.29, 1.82) is 0 Å². The number of carbonyl (C=O) groups excluding carboxylic acids is 3. The van der Waals surface area contributed by atoms with Crippen molar-refractivity contribution >= 4 is 40.0 Å². The molecule has 9 nitrogen and oxygen atoms in total. The molecule has 1 unspecified atom stereocenters. The van der Waals surface area contributed by atoms with Crippen molar-refractivity contribution in [2.75, 3.05) is 49.7 Å². The lowest BCUT2D eigenvalue weighted by Gasteiger charge is -2.27. The number of carbonyl (C=O) groups is 3. The molecule has 4 rings (SSSR count). The predicted octanol–water partition coefficient (Wildman–Crippen LogP) is 3.08. The molecule has 1 aliphatic carbocycles. The van der Waals surface area contributed by atoms with Crippen molar-refractivity contribution in [1.82, 2.24) is 4.98 Å². The Kier molecular flexibility index (Phi) is 7.79. The van der Waals surface area contributed by atoms with E-state index in [9.17, 15) is 14.4 Å². The van der Waals surface area contributed by atoms with Crippen LogP contribution in [0.5, 0.6) is 0 Å². The fourth-order valence-corrected chi connectivity index (χ4v) is 5.54. The van der Waals surface area contributed by atoms with Crippen LogP contribution in [0.15, 0.2) is 18.3 Å². The molecule has 182 valence electrons. The Morgan fingerprint density at radius 1 is 1.21 bits per heavy atom. The quantitative estimate of drug-likeness (QED) is 0.594. The first-order valence-electron chi connectivity index (χ1n) is 11.5. The molecule has 0 bridgehead atoms. The third kappa shape index (κ3) is 5.56. The van der Waals surface area contributed by atoms with Gasteiger partial charge in [-0.05, 0) is 49.8 Å². The van der Waals surface area contributed by atoms with Gasteiger partial charge in [0, 0.05) is 24.2 Å². The van der Waals surface area contributed by atoms with E-state index in [1.165, 1.54) is 17.5 Å². The first-order valence-corrected chi connectivity index (χ1v) is 12.3. The number of anilines is 2. The predicted molar refractivity (Wildman–Crippen MR) is 128 cm³/mol. The number of morpholine rings is 1. The minimum absolute atomic E-state index is 0.253.